The molecule has 0 atom stereocenters. The standard InChI is InChI=1S/C10H11ClN2O2/c1-13-9(10(14)15-2)8(7-12-13)5-3-4-6-11/h7H,4,6H2,1-2H3. The Morgan fingerprint density at radius 3 is 3.07 bits per heavy atom. The quantitative estimate of drug-likeness (QED) is 0.432. The van der Waals surface area contributed by atoms with Crippen LogP contribution >= 0.6 is 11.6 Å². The van der Waals surface area contributed by atoms with Gasteiger partial charge in [0.2, 0.25) is 0 Å². The maximum Gasteiger partial charge on any atom is 0.357 e. The molecule has 1 aromatic heterocycles. The summed E-state index contributed by atoms with van der Waals surface area (Å²) in [4.78, 5) is 11.4. The Morgan fingerprint density at radius 2 is 2.47 bits per heavy atom. The molecule has 0 saturated carbocycles. The van der Waals surface area contributed by atoms with Crippen LogP contribution in [0.1, 0.15) is 22.5 Å². The van der Waals surface area contributed by atoms with E-state index in [9.17, 15) is 4.79 Å². The molecule has 0 fully saturated rings. The van der Waals surface area contributed by atoms with E-state index >= 15 is 0 Å². The first-order valence-corrected chi connectivity index (χ1v) is 4.89. The first-order valence-electron chi connectivity index (χ1n) is 4.36. The normalized spacial score (nSPS) is 9.27. The van der Waals surface area contributed by atoms with Crippen LogP contribution in [-0.4, -0.2) is 28.7 Å². The van der Waals surface area contributed by atoms with Crippen molar-refractivity contribution in [3.63, 3.8) is 0 Å². The molecule has 0 N–H and O–H groups in total. The van der Waals surface area contributed by atoms with Crippen LogP contribution < -0.4 is 0 Å². The molecule has 1 rings (SSSR count). The molecule has 1 heterocycles. The third-order valence-electron chi connectivity index (χ3n) is 1.76. The monoisotopic (exact) mass is 226 g/mol. The third kappa shape index (κ3) is 2.74. The first-order chi connectivity index (χ1) is 7.20. The lowest BCUT2D eigenvalue weighted by Gasteiger charge is -1.99. The fourth-order valence-electron chi connectivity index (χ4n) is 1.07. The first kappa shape index (κ1) is 11.6. The van der Waals surface area contributed by atoms with Crippen LogP contribution in [0.15, 0.2) is 6.20 Å². The molecule has 0 saturated heterocycles. The summed E-state index contributed by atoms with van der Waals surface area (Å²) in [6.07, 6.45) is 2.12. The number of nitrogens with zero attached hydrogens (tertiary/aromatic N) is 2. The largest absolute Gasteiger partial charge is 0.464 e. The van der Waals surface area contributed by atoms with E-state index in [-0.39, 0.29) is 0 Å². The molecule has 0 spiro atoms. The van der Waals surface area contributed by atoms with E-state index in [1.807, 2.05) is 0 Å². The second-order valence-corrected chi connectivity index (χ2v) is 3.14. The molecule has 4 nitrogen and oxygen atoms in total. The maximum absolute atomic E-state index is 11.4. The summed E-state index contributed by atoms with van der Waals surface area (Å²) in [6.45, 7) is 0. The number of rotatable bonds is 2. The van der Waals surface area contributed by atoms with Crippen LogP contribution in [0, 0.1) is 11.8 Å². The summed E-state index contributed by atoms with van der Waals surface area (Å²) in [5.41, 5.74) is 0.925. The predicted octanol–water partition coefficient (Wildman–Crippen LogP) is 1.19. The number of halogens is 1. The zero-order chi connectivity index (χ0) is 11.3. The molecular weight excluding hydrogens is 216 g/mol. The van der Waals surface area contributed by atoms with Gasteiger partial charge in [-0.25, -0.2) is 4.79 Å². The van der Waals surface area contributed by atoms with Crippen molar-refractivity contribution in [2.45, 2.75) is 6.42 Å². The van der Waals surface area contributed by atoms with Crippen LogP contribution in [0.3, 0.4) is 0 Å². The smallest absolute Gasteiger partial charge is 0.357 e. The molecule has 0 aliphatic heterocycles. The van der Waals surface area contributed by atoms with Crippen molar-refractivity contribution >= 4 is 17.6 Å². The lowest BCUT2D eigenvalue weighted by molar-refractivity contribution is 0.0588. The predicted molar refractivity (Wildman–Crippen MR) is 56.8 cm³/mol. The molecule has 1 aromatic rings. The molecule has 0 unspecified atom stereocenters. The van der Waals surface area contributed by atoms with Gasteiger partial charge in [-0.05, 0) is 0 Å². The molecule has 0 aliphatic carbocycles. The van der Waals surface area contributed by atoms with Crippen molar-refractivity contribution in [1.82, 2.24) is 9.78 Å². The zero-order valence-electron chi connectivity index (χ0n) is 8.58. The van der Waals surface area contributed by atoms with Crippen LogP contribution in [0.5, 0.6) is 0 Å². The minimum atomic E-state index is -0.440. The number of alkyl halides is 1. The summed E-state index contributed by atoms with van der Waals surface area (Å²) in [5.74, 6) is 5.71. The lowest BCUT2D eigenvalue weighted by Crippen LogP contribution is -2.09. The minimum Gasteiger partial charge on any atom is -0.464 e. The van der Waals surface area contributed by atoms with Gasteiger partial charge >= 0.3 is 5.97 Å². The molecule has 0 amide bonds. The number of esters is 1. The van der Waals surface area contributed by atoms with Gasteiger partial charge in [0, 0.05) is 19.3 Å². The van der Waals surface area contributed by atoms with E-state index in [4.69, 9.17) is 11.6 Å². The second kappa shape index (κ2) is 5.42. The minimum absolute atomic E-state index is 0.361. The second-order valence-electron chi connectivity index (χ2n) is 2.76. The van der Waals surface area contributed by atoms with E-state index in [1.54, 1.807) is 7.05 Å². The fourth-order valence-corrected chi connectivity index (χ4v) is 1.17. The number of aromatic nitrogens is 2. The van der Waals surface area contributed by atoms with E-state index in [1.165, 1.54) is 18.0 Å². The molecule has 15 heavy (non-hydrogen) atoms. The molecule has 0 aliphatic rings. The van der Waals surface area contributed by atoms with Gasteiger partial charge in [0.15, 0.2) is 5.69 Å². The Balaban J connectivity index is 3.00. The summed E-state index contributed by atoms with van der Waals surface area (Å²) in [6, 6.07) is 0. The highest BCUT2D eigenvalue weighted by atomic mass is 35.5. The topological polar surface area (TPSA) is 44.1 Å². The average molecular weight is 227 g/mol. The van der Waals surface area contributed by atoms with Gasteiger partial charge in [-0.3, -0.25) is 4.68 Å². The summed E-state index contributed by atoms with van der Waals surface area (Å²) in [7, 11) is 2.99. The van der Waals surface area contributed by atoms with Gasteiger partial charge in [0.05, 0.1) is 18.9 Å². The third-order valence-corrected chi connectivity index (χ3v) is 1.95. The Bertz CT molecular complexity index is 415. The van der Waals surface area contributed by atoms with Crippen molar-refractivity contribution in [1.29, 1.82) is 0 Å². The lowest BCUT2D eigenvalue weighted by atomic mass is 10.2. The molecule has 0 aromatic carbocycles. The van der Waals surface area contributed by atoms with Crippen molar-refractivity contribution in [2.75, 3.05) is 13.0 Å². The van der Waals surface area contributed by atoms with Gasteiger partial charge in [0.1, 0.15) is 0 Å². The van der Waals surface area contributed by atoms with Gasteiger partial charge in [-0.1, -0.05) is 11.8 Å². The summed E-state index contributed by atoms with van der Waals surface area (Å²) in [5, 5.41) is 3.94. The van der Waals surface area contributed by atoms with Crippen molar-refractivity contribution in [3.8, 4) is 11.8 Å². The number of methoxy groups -OCH3 is 1. The van der Waals surface area contributed by atoms with E-state index < -0.39 is 5.97 Å². The van der Waals surface area contributed by atoms with Crippen LogP contribution in [-0.2, 0) is 11.8 Å². The number of carbonyl (C=O) groups excluding carboxylic acids is 1. The number of aryl methyl sites for hydroxylation is 1. The molecule has 5 heteroatoms. The van der Waals surface area contributed by atoms with E-state index in [0.29, 0.717) is 23.6 Å². The molecule has 0 radical (unpaired) electrons. The molecule has 80 valence electrons. The summed E-state index contributed by atoms with van der Waals surface area (Å²) >= 11 is 5.49. The van der Waals surface area contributed by atoms with Gasteiger partial charge < -0.3 is 4.74 Å². The Labute approximate surface area is 93.2 Å². The molecule has 0 bridgehead atoms. The Hall–Kier alpha value is -1.47. The van der Waals surface area contributed by atoms with Gasteiger partial charge in [0.25, 0.3) is 0 Å². The van der Waals surface area contributed by atoms with Gasteiger partial charge in [-0.15, -0.1) is 11.6 Å². The van der Waals surface area contributed by atoms with Crippen LogP contribution in [0.4, 0.5) is 0 Å². The fraction of sp³-hybridized carbons (Fsp3) is 0.400. The number of ether oxygens (including phenoxy) is 1. The highest BCUT2D eigenvalue weighted by Gasteiger charge is 2.15. The number of hydrogen-bond donors (Lipinski definition) is 0. The van der Waals surface area contributed by atoms with Crippen molar-refractivity contribution < 1.29 is 9.53 Å². The van der Waals surface area contributed by atoms with Crippen LogP contribution in [0.2, 0.25) is 0 Å². The van der Waals surface area contributed by atoms with E-state index in [0.717, 1.165) is 0 Å². The summed E-state index contributed by atoms with van der Waals surface area (Å²) < 4.78 is 6.07. The van der Waals surface area contributed by atoms with Gasteiger partial charge in [-0.2, -0.15) is 5.10 Å². The van der Waals surface area contributed by atoms with E-state index in [2.05, 4.69) is 21.7 Å². The zero-order valence-corrected chi connectivity index (χ0v) is 9.34. The highest BCUT2D eigenvalue weighted by Crippen LogP contribution is 2.07. The van der Waals surface area contributed by atoms with Crippen molar-refractivity contribution in [2.24, 2.45) is 7.05 Å². The Morgan fingerprint density at radius 1 is 1.73 bits per heavy atom. The van der Waals surface area contributed by atoms with Crippen LogP contribution in [0.25, 0.3) is 0 Å². The highest BCUT2D eigenvalue weighted by molar-refractivity contribution is 6.18. The average Bonchev–Trinajstić information content (AvgIpc) is 2.59. The number of hydrogen-bond acceptors (Lipinski definition) is 3. The number of carbonyl (C=O) groups is 1. The Kier molecular flexibility index (Phi) is 4.19. The molecular formula is C10H11ClN2O2. The van der Waals surface area contributed by atoms with Crippen molar-refractivity contribution in [3.05, 3.63) is 17.5 Å². The SMILES string of the molecule is COC(=O)c1c(C#CCCCl)cnn1C. The maximum atomic E-state index is 11.4.